The Labute approximate surface area is 226 Å². The first-order valence-corrected chi connectivity index (χ1v) is 12.7. The van der Waals surface area contributed by atoms with Crippen molar-refractivity contribution >= 4 is 5.91 Å². The molecule has 1 aliphatic rings. The van der Waals surface area contributed by atoms with Crippen LogP contribution >= 0.6 is 0 Å². The number of aryl methyl sites for hydroxylation is 1. The van der Waals surface area contributed by atoms with E-state index in [2.05, 4.69) is 25.7 Å². The number of aromatic nitrogens is 6. The molecule has 1 atom stereocenters. The van der Waals surface area contributed by atoms with Crippen molar-refractivity contribution < 1.29 is 23.1 Å². The Morgan fingerprint density at radius 2 is 2.00 bits per heavy atom. The Hall–Kier alpha value is -4.39. The van der Waals surface area contributed by atoms with Crippen molar-refractivity contribution in [2.75, 3.05) is 6.61 Å². The third-order valence-corrected chi connectivity index (χ3v) is 6.77. The van der Waals surface area contributed by atoms with Gasteiger partial charge in [0.25, 0.3) is 17.4 Å². The van der Waals surface area contributed by atoms with E-state index >= 15 is 0 Å². The largest absolute Gasteiger partial charge is 0.390 e. The predicted molar refractivity (Wildman–Crippen MR) is 138 cm³/mol. The highest BCUT2D eigenvalue weighted by molar-refractivity contribution is 5.92. The van der Waals surface area contributed by atoms with Gasteiger partial charge < -0.3 is 10.4 Å². The molecule has 0 unspecified atom stereocenters. The summed E-state index contributed by atoms with van der Waals surface area (Å²) in [6.07, 6.45) is 6.97. The molecule has 0 spiro atoms. The monoisotopic (exact) mass is 553 g/mol. The van der Waals surface area contributed by atoms with Gasteiger partial charge in [0.1, 0.15) is 18.1 Å². The molecule has 40 heavy (non-hydrogen) atoms. The van der Waals surface area contributed by atoms with Gasteiger partial charge in [-0.1, -0.05) is 24.3 Å². The van der Waals surface area contributed by atoms with E-state index in [9.17, 15) is 22.8 Å². The number of benzene rings is 1. The van der Waals surface area contributed by atoms with Gasteiger partial charge in [-0.05, 0) is 44.4 Å². The zero-order chi connectivity index (χ0) is 28.6. The van der Waals surface area contributed by atoms with Crippen LogP contribution in [0.1, 0.15) is 66.0 Å². The zero-order valence-electron chi connectivity index (χ0n) is 21.7. The van der Waals surface area contributed by atoms with Gasteiger partial charge in [0, 0.05) is 22.9 Å². The van der Waals surface area contributed by atoms with Crippen molar-refractivity contribution in [3.63, 3.8) is 0 Å². The van der Waals surface area contributed by atoms with Crippen LogP contribution in [0.2, 0.25) is 0 Å². The van der Waals surface area contributed by atoms with Crippen LogP contribution in [0.3, 0.4) is 0 Å². The van der Waals surface area contributed by atoms with Gasteiger partial charge in [-0.2, -0.15) is 18.6 Å². The van der Waals surface area contributed by atoms with Crippen LogP contribution in [0.5, 0.6) is 0 Å². The van der Waals surface area contributed by atoms with Crippen LogP contribution < -0.4 is 10.9 Å². The van der Waals surface area contributed by atoms with Gasteiger partial charge in [-0.15, -0.1) is 5.10 Å². The Morgan fingerprint density at radius 3 is 2.70 bits per heavy atom. The molecule has 4 aromatic rings. The van der Waals surface area contributed by atoms with Gasteiger partial charge >= 0.3 is 0 Å². The molecule has 13 heteroatoms. The Morgan fingerprint density at radius 1 is 1.23 bits per heavy atom. The molecule has 1 aliphatic carbocycles. The van der Waals surface area contributed by atoms with E-state index in [0.29, 0.717) is 23.2 Å². The number of halogens is 3. The first-order chi connectivity index (χ1) is 19.1. The fourth-order valence-electron chi connectivity index (χ4n) is 4.41. The summed E-state index contributed by atoms with van der Waals surface area (Å²) in [5.41, 5.74) is 0.284. The first-order valence-electron chi connectivity index (χ1n) is 12.7. The Kier molecular flexibility index (Phi) is 7.23. The summed E-state index contributed by atoms with van der Waals surface area (Å²) in [7, 11) is 0. The summed E-state index contributed by atoms with van der Waals surface area (Å²) in [6, 6.07) is 5.64. The van der Waals surface area contributed by atoms with E-state index in [0.717, 1.165) is 29.3 Å². The quantitative estimate of drug-likeness (QED) is 0.325. The van der Waals surface area contributed by atoms with Crippen LogP contribution in [-0.4, -0.2) is 47.4 Å². The van der Waals surface area contributed by atoms with Crippen molar-refractivity contribution in [1.82, 2.24) is 35.1 Å². The van der Waals surface area contributed by atoms with Crippen molar-refractivity contribution in [3.8, 4) is 16.9 Å². The van der Waals surface area contributed by atoms with Gasteiger partial charge in [0.15, 0.2) is 0 Å². The van der Waals surface area contributed by atoms with E-state index in [1.165, 1.54) is 31.3 Å². The first kappa shape index (κ1) is 27.2. The zero-order valence-corrected chi connectivity index (χ0v) is 21.7. The second-order valence-corrected chi connectivity index (χ2v) is 9.62. The fraction of sp³-hybridized carbons (Fsp3) is 0.333. The number of rotatable bonds is 9. The molecule has 0 aliphatic heterocycles. The normalized spacial score (nSPS) is 14.2. The molecule has 0 radical (unpaired) electrons. The number of nitrogens with one attached hydrogen (secondary N) is 1. The molecular formula is C27H26F3N7O3. The fourth-order valence-corrected chi connectivity index (χ4v) is 4.41. The summed E-state index contributed by atoms with van der Waals surface area (Å²) in [5, 5.41) is 23.9. The highest BCUT2D eigenvalue weighted by atomic mass is 19.3. The number of nitrogens with zero attached hydrogens (tertiary/aromatic N) is 6. The third-order valence-electron chi connectivity index (χ3n) is 6.77. The number of carbonyl (C=O) groups is 1. The molecule has 0 bridgehead atoms. The summed E-state index contributed by atoms with van der Waals surface area (Å²) in [5.74, 6) is -5.76. The number of alkyl halides is 2. The van der Waals surface area contributed by atoms with Gasteiger partial charge in [-0.3, -0.25) is 14.6 Å². The van der Waals surface area contributed by atoms with Gasteiger partial charge in [0.05, 0.1) is 41.4 Å². The minimum Gasteiger partial charge on any atom is -0.390 e. The molecule has 3 aromatic heterocycles. The molecule has 1 fully saturated rings. The smallest absolute Gasteiger partial charge is 0.298 e. The lowest BCUT2D eigenvalue weighted by atomic mass is 10.00. The summed E-state index contributed by atoms with van der Waals surface area (Å²) >= 11 is 0. The van der Waals surface area contributed by atoms with Crippen molar-refractivity contribution in [3.05, 3.63) is 87.5 Å². The molecule has 1 aromatic carbocycles. The number of aliphatic hydroxyl groups excluding tert-OH is 1. The summed E-state index contributed by atoms with van der Waals surface area (Å²) in [4.78, 5) is 30.6. The van der Waals surface area contributed by atoms with E-state index in [1.54, 1.807) is 25.4 Å². The molecular weight excluding hydrogens is 527 g/mol. The third kappa shape index (κ3) is 5.11. The van der Waals surface area contributed by atoms with E-state index in [4.69, 9.17) is 5.11 Å². The molecule has 1 amide bonds. The lowest BCUT2D eigenvalue weighted by Gasteiger charge is -2.20. The topological polar surface area (TPSA) is 128 Å². The number of carbonyl (C=O) groups excluding carboxylic acids is 1. The minimum absolute atomic E-state index is 0.129. The standard InChI is InChI=1S/C27H26F3N7O3/c1-3-16-10-22(25(39)33-15(2)20-5-4-6-21(24(20)28)27(29,30)14-38)34-37(26(16)40)19-9-17(11-31-12-19)23-13-32-35-36(23)18-7-8-18/h4-6,9-13,15,18,38H,3,7-8,14H2,1-2H3,(H,33,39)/t15-/m1/s1. The van der Waals surface area contributed by atoms with Crippen LogP contribution in [0.25, 0.3) is 16.9 Å². The lowest BCUT2D eigenvalue weighted by molar-refractivity contribution is -0.0584. The maximum atomic E-state index is 14.9. The van der Waals surface area contributed by atoms with Crippen molar-refractivity contribution in [1.29, 1.82) is 0 Å². The maximum absolute atomic E-state index is 14.9. The SMILES string of the molecule is CCc1cc(C(=O)N[C@H](C)c2cccc(C(F)(F)CO)c2F)nn(-c2cncc(-c3cnnn3C3CC3)c2)c1=O. The average Bonchev–Trinajstić information content (AvgIpc) is 3.68. The van der Waals surface area contributed by atoms with Crippen LogP contribution in [0.15, 0.2) is 53.7 Å². The minimum atomic E-state index is -3.79. The molecule has 208 valence electrons. The van der Waals surface area contributed by atoms with Crippen LogP contribution in [-0.2, 0) is 12.3 Å². The second-order valence-electron chi connectivity index (χ2n) is 9.62. The Bertz CT molecular complexity index is 1630. The van der Waals surface area contributed by atoms with Gasteiger partial charge in [0.2, 0.25) is 0 Å². The van der Waals surface area contributed by atoms with Crippen molar-refractivity contribution in [2.24, 2.45) is 0 Å². The lowest BCUT2D eigenvalue weighted by Crippen LogP contribution is -2.33. The molecule has 2 N–H and O–H groups in total. The highest BCUT2D eigenvalue weighted by Gasteiger charge is 2.35. The molecule has 5 rings (SSSR count). The number of aliphatic hydroxyl groups is 1. The van der Waals surface area contributed by atoms with Crippen molar-refractivity contribution in [2.45, 2.75) is 51.1 Å². The molecule has 0 saturated heterocycles. The summed E-state index contributed by atoms with van der Waals surface area (Å²) in [6.45, 7) is 1.62. The molecule has 1 saturated carbocycles. The second kappa shape index (κ2) is 10.6. The van der Waals surface area contributed by atoms with Crippen LogP contribution in [0, 0.1) is 5.82 Å². The molecule has 3 heterocycles. The number of hydrogen-bond acceptors (Lipinski definition) is 7. The number of pyridine rings is 1. The number of hydrogen-bond donors (Lipinski definition) is 2. The van der Waals surface area contributed by atoms with E-state index in [1.807, 2.05) is 4.68 Å². The summed E-state index contributed by atoms with van der Waals surface area (Å²) < 4.78 is 45.8. The highest BCUT2D eigenvalue weighted by Crippen LogP contribution is 2.37. The predicted octanol–water partition coefficient (Wildman–Crippen LogP) is 3.50. The maximum Gasteiger partial charge on any atom is 0.298 e. The molecule has 10 nitrogen and oxygen atoms in total. The number of amides is 1. The van der Waals surface area contributed by atoms with E-state index in [-0.39, 0.29) is 17.3 Å². The van der Waals surface area contributed by atoms with Crippen LogP contribution in [0.4, 0.5) is 13.2 Å². The van der Waals surface area contributed by atoms with Gasteiger partial charge in [-0.25, -0.2) is 9.07 Å². The Balaban J connectivity index is 1.47. The average molecular weight is 554 g/mol. The van der Waals surface area contributed by atoms with E-state index < -0.39 is 41.4 Å².